The van der Waals surface area contributed by atoms with Gasteiger partial charge in [0.1, 0.15) is 5.75 Å². The summed E-state index contributed by atoms with van der Waals surface area (Å²) in [5.74, 6) is 1.66. The SMILES string of the molecule is COc1ccc(C2(C(=O)N3C[C@@H](NC(=O)N(C)C)[C@H](C(C)C)C3)CC2)cc1. The Kier molecular flexibility index (Phi) is 5.36. The fourth-order valence-electron chi connectivity index (χ4n) is 4.07. The number of ether oxygens (including phenoxy) is 1. The molecular weight excluding hydrogens is 342 g/mol. The van der Waals surface area contributed by atoms with Crippen molar-refractivity contribution in [1.82, 2.24) is 15.1 Å². The molecule has 27 heavy (non-hydrogen) atoms. The van der Waals surface area contributed by atoms with Crippen molar-refractivity contribution in [2.24, 2.45) is 11.8 Å². The van der Waals surface area contributed by atoms with E-state index in [2.05, 4.69) is 19.2 Å². The normalized spacial score (nSPS) is 23.3. The van der Waals surface area contributed by atoms with Gasteiger partial charge in [0.2, 0.25) is 5.91 Å². The smallest absolute Gasteiger partial charge is 0.317 e. The van der Waals surface area contributed by atoms with Gasteiger partial charge in [0.15, 0.2) is 0 Å². The number of nitrogens with one attached hydrogen (secondary N) is 1. The molecule has 1 aliphatic carbocycles. The van der Waals surface area contributed by atoms with Crippen molar-refractivity contribution >= 4 is 11.9 Å². The van der Waals surface area contributed by atoms with Crippen molar-refractivity contribution in [3.05, 3.63) is 29.8 Å². The molecule has 3 rings (SSSR count). The second kappa shape index (κ2) is 7.41. The summed E-state index contributed by atoms with van der Waals surface area (Å²) in [5, 5.41) is 3.10. The zero-order chi connectivity index (χ0) is 19.8. The lowest BCUT2D eigenvalue weighted by Gasteiger charge is -2.24. The molecule has 6 nitrogen and oxygen atoms in total. The maximum atomic E-state index is 13.4. The second-order valence-corrected chi connectivity index (χ2v) is 8.38. The van der Waals surface area contributed by atoms with Gasteiger partial charge in [-0.05, 0) is 36.5 Å². The Hall–Kier alpha value is -2.24. The molecule has 148 valence electrons. The van der Waals surface area contributed by atoms with Crippen molar-refractivity contribution in [2.45, 2.75) is 38.1 Å². The third-order valence-corrected chi connectivity index (χ3v) is 6.03. The molecule has 1 aromatic rings. The molecule has 1 aliphatic heterocycles. The summed E-state index contributed by atoms with van der Waals surface area (Å²) >= 11 is 0. The van der Waals surface area contributed by atoms with Gasteiger partial charge in [-0.3, -0.25) is 4.79 Å². The summed E-state index contributed by atoms with van der Waals surface area (Å²) in [7, 11) is 5.12. The molecule has 2 fully saturated rings. The van der Waals surface area contributed by atoms with Crippen LogP contribution in [0.4, 0.5) is 4.79 Å². The first-order valence-electron chi connectivity index (χ1n) is 9.70. The Morgan fingerprint density at radius 1 is 1.19 bits per heavy atom. The zero-order valence-corrected chi connectivity index (χ0v) is 17.0. The average Bonchev–Trinajstić information content (AvgIpc) is 3.35. The van der Waals surface area contributed by atoms with Crippen LogP contribution in [0, 0.1) is 11.8 Å². The number of hydrogen-bond acceptors (Lipinski definition) is 3. The molecule has 2 atom stereocenters. The predicted molar refractivity (Wildman–Crippen MR) is 105 cm³/mol. The molecule has 6 heteroatoms. The molecule has 3 amide bonds. The average molecular weight is 373 g/mol. The Morgan fingerprint density at radius 3 is 2.30 bits per heavy atom. The monoisotopic (exact) mass is 373 g/mol. The Labute approximate surface area is 161 Å². The highest BCUT2D eigenvalue weighted by molar-refractivity contribution is 5.91. The maximum absolute atomic E-state index is 13.4. The summed E-state index contributed by atoms with van der Waals surface area (Å²) in [4.78, 5) is 29.0. The lowest BCUT2D eigenvalue weighted by molar-refractivity contribution is -0.133. The fourth-order valence-corrected chi connectivity index (χ4v) is 4.07. The van der Waals surface area contributed by atoms with E-state index < -0.39 is 5.41 Å². The number of methoxy groups -OCH3 is 1. The van der Waals surface area contributed by atoms with Gasteiger partial charge in [0, 0.05) is 33.1 Å². The van der Waals surface area contributed by atoms with E-state index in [1.165, 1.54) is 0 Å². The molecule has 0 bridgehead atoms. The van der Waals surface area contributed by atoms with E-state index in [4.69, 9.17) is 4.74 Å². The van der Waals surface area contributed by atoms with E-state index in [0.717, 1.165) is 24.2 Å². The quantitative estimate of drug-likeness (QED) is 0.863. The lowest BCUT2D eigenvalue weighted by atomic mass is 9.91. The minimum Gasteiger partial charge on any atom is -0.497 e. The maximum Gasteiger partial charge on any atom is 0.317 e. The summed E-state index contributed by atoms with van der Waals surface area (Å²) in [6, 6.07) is 7.75. The van der Waals surface area contributed by atoms with Crippen LogP contribution >= 0.6 is 0 Å². The highest BCUT2D eigenvalue weighted by atomic mass is 16.5. The van der Waals surface area contributed by atoms with Gasteiger partial charge >= 0.3 is 6.03 Å². The zero-order valence-electron chi connectivity index (χ0n) is 17.0. The molecular formula is C21H31N3O3. The van der Waals surface area contributed by atoms with Gasteiger partial charge in [0.25, 0.3) is 0 Å². The van der Waals surface area contributed by atoms with Crippen molar-refractivity contribution in [3.63, 3.8) is 0 Å². The van der Waals surface area contributed by atoms with Crippen molar-refractivity contribution < 1.29 is 14.3 Å². The van der Waals surface area contributed by atoms with E-state index in [1.54, 1.807) is 26.1 Å². The van der Waals surface area contributed by atoms with Crippen LogP contribution in [0.5, 0.6) is 5.75 Å². The van der Waals surface area contributed by atoms with Crippen LogP contribution in [-0.2, 0) is 10.2 Å². The summed E-state index contributed by atoms with van der Waals surface area (Å²) < 4.78 is 5.23. The third-order valence-electron chi connectivity index (χ3n) is 6.03. The number of likely N-dealkylation sites (tertiary alicyclic amines) is 1. The van der Waals surface area contributed by atoms with Crippen LogP contribution < -0.4 is 10.1 Å². The first kappa shape index (κ1) is 19.5. The molecule has 2 aliphatic rings. The molecule has 1 aromatic carbocycles. The van der Waals surface area contributed by atoms with Gasteiger partial charge in [0.05, 0.1) is 18.6 Å². The van der Waals surface area contributed by atoms with Crippen molar-refractivity contribution in [1.29, 1.82) is 0 Å². The first-order chi connectivity index (χ1) is 12.8. The number of nitrogens with zero attached hydrogens (tertiary/aromatic N) is 2. The third kappa shape index (κ3) is 3.75. The van der Waals surface area contributed by atoms with Crippen LogP contribution in [0.15, 0.2) is 24.3 Å². The van der Waals surface area contributed by atoms with E-state index in [1.807, 2.05) is 29.2 Å². The number of carbonyl (C=O) groups excluding carboxylic acids is 2. The van der Waals surface area contributed by atoms with E-state index >= 15 is 0 Å². The largest absolute Gasteiger partial charge is 0.497 e. The van der Waals surface area contributed by atoms with E-state index in [-0.39, 0.29) is 23.9 Å². The molecule has 1 N–H and O–H groups in total. The lowest BCUT2D eigenvalue weighted by Crippen LogP contribution is -2.46. The van der Waals surface area contributed by atoms with E-state index in [0.29, 0.717) is 19.0 Å². The van der Waals surface area contributed by atoms with Gasteiger partial charge in [-0.2, -0.15) is 0 Å². The number of carbonyl (C=O) groups is 2. The van der Waals surface area contributed by atoms with Crippen LogP contribution in [0.1, 0.15) is 32.3 Å². The van der Waals surface area contributed by atoms with Crippen LogP contribution in [0.25, 0.3) is 0 Å². The van der Waals surface area contributed by atoms with Gasteiger partial charge < -0.3 is 19.9 Å². The number of benzene rings is 1. The summed E-state index contributed by atoms with van der Waals surface area (Å²) in [6.45, 7) is 5.60. The van der Waals surface area contributed by atoms with Crippen LogP contribution in [-0.4, -0.2) is 62.1 Å². The predicted octanol–water partition coefficient (Wildman–Crippen LogP) is 2.48. The fraction of sp³-hybridized carbons (Fsp3) is 0.619. The van der Waals surface area contributed by atoms with Gasteiger partial charge in [-0.15, -0.1) is 0 Å². The molecule has 1 saturated carbocycles. The molecule has 1 heterocycles. The molecule has 0 radical (unpaired) electrons. The molecule has 0 aromatic heterocycles. The number of urea groups is 1. The van der Waals surface area contributed by atoms with Crippen LogP contribution in [0.3, 0.4) is 0 Å². The molecule has 0 unspecified atom stereocenters. The van der Waals surface area contributed by atoms with Crippen molar-refractivity contribution in [2.75, 3.05) is 34.3 Å². The van der Waals surface area contributed by atoms with E-state index in [9.17, 15) is 9.59 Å². The molecule has 0 spiro atoms. The highest BCUT2D eigenvalue weighted by Gasteiger charge is 2.54. The number of amides is 3. The minimum atomic E-state index is -0.395. The first-order valence-corrected chi connectivity index (χ1v) is 9.70. The van der Waals surface area contributed by atoms with Gasteiger partial charge in [-0.25, -0.2) is 4.79 Å². The Bertz CT molecular complexity index is 695. The van der Waals surface area contributed by atoms with Crippen molar-refractivity contribution in [3.8, 4) is 5.75 Å². The molecule has 1 saturated heterocycles. The van der Waals surface area contributed by atoms with Crippen LogP contribution in [0.2, 0.25) is 0 Å². The topological polar surface area (TPSA) is 61.9 Å². The minimum absolute atomic E-state index is 0.00415. The number of hydrogen-bond donors (Lipinski definition) is 1. The summed E-state index contributed by atoms with van der Waals surface area (Å²) in [6.07, 6.45) is 1.77. The Balaban J connectivity index is 1.75. The van der Waals surface area contributed by atoms with Gasteiger partial charge in [-0.1, -0.05) is 26.0 Å². The highest BCUT2D eigenvalue weighted by Crippen LogP contribution is 2.50. The number of rotatable bonds is 5. The standard InChI is InChI=1S/C21H31N3O3/c1-14(2)17-12-24(13-18(17)22-20(26)23(3)4)19(25)21(10-11-21)15-6-8-16(27-5)9-7-15/h6-9,14,17-18H,10-13H2,1-5H3,(H,22,26)/t17-,18+/m0/s1. The summed E-state index contributed by atoms with van der Waals surface area (Å²) in [5.41, 5.74) is 0.670. The second-order valence-electron chi connectivity index (χ2n) is 8.38. The Morgan fingerprint density at radius 2 is 1.81 bits per heavy atom.